The number of carboxylic acid groups (broad SMARTS) is 1. The van der Waals surface area contributed by atoms with E-state index in [4.69, 9.17) is 5.11 Å². The summed E-state index contributed by atoms with van der Waals surface area (Å²) in [5, 5.41) is 10.8. The molecule has 0 saturated carbocycles. The first kappa shape index (κ1) is 10.6. The fraction of sp³-hybridized carbons (Fsp3) is 0.100. The zero-order valence-corrected chi connectivity index (χ0v) is 8.98. The third-order valence-corrected chi connectivity index (χ3v) is 2.83. The van der Waals surface area contributed by atoms with E-state index in [1.165, 1.54) is 28.3 Å². The maximum atomic E-state index is 11.8. The van der Waals surface area contributed by atoms with E-state index < -0.39 is 5.97 Å². The molecule has 0 aliphatic heterocycles. The zero-order valence-electron chi connectivity index (χ0n) is 8.16. The van der Waals surface area contributed by atoms with E-state index in [1.54, 1.807) is 11.4 Å². The van der Waals surface area contributed by atoms with E-state index >= 15 is 0 Å². The number of aliphatic carboxylic acids is 1. The monoisotopic (exact) mass is 236 g/mol. The van der Waals surface area contributed by atoms with Crippen LogP contribution in [0.5, 0.6) is 0 Å². The molecule has 0 aromatic carbocycles. The van der Waals surface area contributed by atoms with Crippen LogP contribution in [0.3, 0.4) is 0 Å². The molecule has 16 heavy (non-hydrogen) atoms. The second kappa shape index (κ2) is 4.28. The molecule has 1 N–H and O–H groups in total. The van der Waals surface area contributed by atoms with Crippen LogP contribution in [0.15, 0.2) is 34.7 Å². The van der Waals surface area contributed by atoms with Crippen molar-refractivity contribution in [3.05, 3.63) is 40.3 Å². The Balaban J connectivity index is 2.35. The predicted molar refractivity (Wildman–Crippen MR) is 60.7 cm³/mol. The molecule has 0 saturated heterocycles. The average Bonchev–Trinajstić information content (AvgIpc) is 2.69. The lowest BCUT2D eigenvalue weighted by Gasteiger charge is -1.99. The molecule has 0 aliphatic carbocycles. The quantitative estimate of drug-likeness (QED) is 0.810. The molecule has 2 aromatic heterocycles. The van der Waals surface area contributed by atoms with Crippen LogP contribution in [-0.4, -0.2) is 20.6 Å². The molecule has 2 heterocycles. The lowest BCUT2D eigenvalue weighted by molar-refractivity contribution is -0.131. The number of rotatable bonds is 3. The maximum Gasteiger partial charge on any atom is 0.328 e. The SMILES string of the molecule is O=C(O)C=CCn1cnc2sccc2c1=O. The highest BCUT2D eigenvalue weighted by Gasteiger charge is 2.03. The molecule has 82 valence electrons. The molecule has 0 radical (unpaired) electrons. The van der Waals surface area contributed by atoms with Crippen LogP contribution in [0.4, 0.5) is 0 Å². The van der Waals surface area contributed by atoms with E-state index in [0.717, 1.165) is 6.08 Å². The summed E-state index contributed by atoms with van der Waals surface area (Å²) in [5.74, 6) is -1.03. The van der Waals surface area contributed by atoms with Crippen molar-refractivity contribution in [1.82, 2.24) is 9.55 Å². The van der Waals surface area contributed by atoms with E-state index in [9.17, 15) is 9.59 Å². The smallest absolute Gasteiger partial charge is 0.328 e. The number of fused-ring (bicyclic) bond motifs is 1. The van der Waals surface area contributed by atoms with Gasteiger partial charge in [0.05, 0.1) is 11.7 Å². The van der Waals surface area contributed by atoms with E-state index in [1.807, 2.05) is 0 Å². The highest BCUT2D eigenvalue weighted by atomic mass is 32.1. The minimum Gasteiger partial charge on any atom is -0.478 e. The zero-order chi connectivity index (χ0) is 11.5. The third-order valence-electron chi connectivity index (χ3n) is 2.01. The van der Waals surface area contributed by atoms with Crippen LogP contribution in [0.1, 0.15) is 0 Å². The summed E-state index contributed by atoms with van der Waals surface area (Å²) in [5.41, 5.74) is -0.152. The number of thiophene rings is 1. The standard InChI is InChI=1S/C10H8N2O3S/c13-8(14)2-1-4-12-6-11-9-7(10(12)15)3-5-16-9/h1-3,5-6H,4H2,(H,13,14). The molecule has 2 rings (SSSR count). The van der Waals surface area contributed by atoms with Crippen molar-refractivity contribution >= 4 is 27.5 Å². The maximum absolute atomic E-state index is 11.8. The summed E-state index contributed by atoms with van der Waals surface area (Å²) in [6.07, 6.45) is 3.83. The van der Waals surface area contributed by atoms with E-state index in [2.05, 4.69) is 4.98 Å². The highest BCUT2D eigenvalue weighted by Crippen LogP contribution is 2.12. The second-order valence-electron chi connectivity index (χ2n) is 3.08. The van der Waals surface area contributed by atoms with E-state index in [-0.39, 0.29) is 12.1 Å². The first-order chi connectivity index (χ1) is 7.68. The normalized spacial score (nSPS) is 11.2. The number of carbonyl (C=O) groups is 1. The lowest BCUT2D eigenvalue weighted by Crippen LogP contribution is -2.19. The predicted octanol–water partition coefficient (Wildman–Crippen LogP) is 1.10. The summed E-state index contributed by atoms with van der Waals surface area (Å²) in [6.45, 7) is 0.212. The Labute approximate surface area is 94.3 Å². The van der Waals surface area contributed by atoms with Gasteiger partial charge in [0.15, 0.2) is 0 Å². The third kappa shape index (κ3) is 2.01. The molecule has 6 heteroatoms. The van der Waals surface area contributed by atoms with Gasteiger partial charge in [0, 0.05) is 12.6 Å². The molecular formula is C10H8N2O3S. The molecule has 0 unspecified atom stereocenters. The topological polar surface area (TPSA) is 72.2 Å². The summed E-state index contributed by atoms with van der Waals surface area (Å²) >= 11 is 1.40. The minimum atomic E-state index is -1.03. The van der Waals surface area contributed by atoms with Crippen LogP contribution >= 0.6 is 11.3 Å². The van der Waals surface area contributed by atoms with Gasteiger partial charge in [-0.25, -0.2) is 9.78 Å². The Hall–Kier alpha value is -1.95. The number of carboxylic acids is 1. The molecule has 0 atom stereocenters. The molecule has 0 aliphatic rings. The van der Waals surface area contributed by atoms with Gasteiger partial charge in [-0.15, -0.1) is 11.3 Å². The highest BCUT2D eigenvalue weighted by molar-refractivity contribution is 7.16. The van der Waals surface area contributed by atoms with Crippen molar-refractivity contribution in [2.75, 3.05) is 0 Å². The van der Waals surface area contributed by atoms with Crippen molar-refractivity contribution in [1.29, 1.82) is 0 Å². The fourth-order valence-electron chi connectivity index (χ4n) is 1.29. The van der Waals surface area contributed by atoms with Crippen LogP contribution < -0.4 is 5.56 Å². The first-order valence-electron chi connectivity index (χ1n) is 4.50. The Morgan fingerprint density at radius 2 is 2.44 bits per heavy atom. The van der Waals surface area contributed by atoms with Crippen molar-refractivity contribution in [2.24, 2.45) is 0 Å². The Morgan fingerprint density at radius 3 is 3.19 bits per heavy atom. The lowest BCUT2D eigenvalue weighted by atomic mass is 10.4. The van der Waals surface area contributed by atoms with Crippen molar-refractivity contribution in [3.63, 3.8) is 0 Å². The van der Waals surface area contributed by atoms with Gasteiger partial charge in [0.1, 0.15) is 4.83 Å². The molecule has 0 amide bonds. The molecule has 5 nitrogen and oxygen atoms in total. The Bertz CT molecular complexity index is 612. The van der Waals surface area contributed by atoms with Gasteiger partial charge in [-0.2, -0.15) is 0 Å². The van der Waals surface area contributed by atoms with Crippen molar-refractivity contribution in [2.45, 2.75) is 6.54 Å². The average molecular weight is 236 g/mol. The summed E-state index contributed by atoms with van der Waals surface area (Å²) in [7, 11) is 0. The van der Waals surface area contributed by atoms with Gasteiger partial charge >= 0.3 is 5.97 Å². The van der Waals surface area contributed by atoms with Crippen molar-refractivity contribution < 1.29 is 9.90 Å². The molecule has 0 fully saturated rings. The minimum absolute atomic E-state index is 0.152. The number of hydrogen-bond acceptors (Lipinski definition) is 4. The van der Waals surface area contributed by atoms with Crippen LogP contribution in [0, 0.1) is 0 Å². The van der Waals surface area contributed by atoms with Gasteiger partial charge in [-0.05, 0) is 11.4 Å². The van der Waals surface area contributed by atoms with Crippen LogP contribution in [0.2, 0.25) is 0 Å². The summed E-state index contributed by atoms with van der Waals surface area (Å²) in [4.78, 5) is 26.9. The van der Waals surface area contributed by atoms with Gasteiger partial charge in [0.2, 0.25) is 0 Å². The Kier molecular flexibility index (Phi) is 2.82. The van der Waals surface area contributed by atoms with Crippen LogP contribution in [-0.2, 0) is 11.3 Å². The van der Waals surface area contributed by atoms with Gasteiger partial charge in [-0.1, -0.05) is 6.08 Å². The second-order valence-corrected chi connectivity index (χ2v) is 3.98. The van der Waals surface area contributed by atoms with E-state index in [0.29, 0.717) is 10.2 Å². The summed E-state index contributed by atoms with van der Waals surface area (Å²) < 4.78 is 1.37. The number of allylic oxidation sites excluding steroid dienone is 1. The fourth-order valence-corrected chi connectivity index (χ4v) is 2.01. The van der Waals surface area contributed by atoms with Gasteiger partial charge < -0.3 is 5.11 Å². The Morgan fingerprint density at radius 1 is 1.62 bits per heavy atom. The molecule has 0 spiro atoms. The number of nitrogens with zero attached hydrogens (tertiary/aromatic N) is 2. The number of hydrogen-bond donors (Lipinski definition) is 1. The largest absolute Gasteiger partial charge is 0.478 e. The molecule has 0 bridgehead atoms. The van der Waals surface area contributed by atoms with Gasteiger partial charge in [0.25, 0.3) is 5.56 Å². The van der Waals surface area contributed by atoms with Crippen molar-refractivity contribution in [3.8, 4) is 0 Å². The first-order valence-corrected chi connectivity index (χ1v) is 5.38. The van der Waals surface area contributed by atoms with Crippen LogP contribution in [0.25, 0.3) is 10.2 Å². The molecule has 2 aromatic rings. The van der Waals surface area contributed by atoms with Gasteiger partial charge in [-0.3, -0.25) is 9.36 Å². The number of aromatic nitrogens is 2. The molecular weight excluding hydrogens is 228 g/mol. The summed E-state index contributed by atoms with van der Waals surface area (Å²) in [6, 6.07) is 1.72.